The van der Waals surface area contributed by atoms with Gasteiger partial charge in [-0.05, 0) is 42.8 Å². The number of aryl methyl sites for hydroxylation is 1. The van der Waals surface area contributed by atoms with Crippen LogP contribution in [-0.4, -0.2) is 47.7 Å². The maximum Gasteiger partial charge on any atom is 0.274 e. The average molecular weight is 434 g/mol. The van der Waals surface area contributed by atoms with Crippen molar-refractivity contribution >= 4 is 27.5 Å². The lowest BCUT2D eigenvalue weighted by Crippen LogP contribution is -2.24. The highest BCUT2D eigenvalue weighted by atomic mass is 35.5. The summed E-state index contributed by atoms with van der Waals surface area (Å²) in [4.78, 5) is 14.1. The van der Waals surface area contributed by atoms with E-state index in [0.717, 1.165) is 9.87 Å². The van der Waals surface area contributed by atoms with Crippen molar-refractivity contribution in [2.24, 2.45) is 0 Å². The van der Waals surface area contributed by atoms with Crippen molar-refractivity contribution < 1.29 is 13.2 Å². The molecule has 0 saturated heterocycles. The number of halogens is 1. The predicted octanol–water partition coefficient (Wildman–Crippen LogP) is 2.41. The number of rotatable bonds is 6. The van der Waals surface area contributed by atoms with E-state index < -0.39 is 10.0 Å². The molecular weight excluding hydrogens is 414 g/mol. The third kappa shape index (κ3) is 4.64. The summed E-state index contributed by atoms with van der Waals surface area (Å²) < 4.78 is 25.4. The Morgan fingerprint density at radius 2 is 1.83 bits per heavy atom. The van der Waals surface area contributed by atoms with Crippen LogP contribution in [0.4, 0.5) is 0 Å². The summed E-state index contributed by atoms with van der Waals surface area (Å²) in [7, 11) is -0.536. The fourth-order valence-corrected chi connectivity index (χ4v) is 3.65. The Morgan fingerprint density at radius 1 is 1.14 bits per heavy atom. The number of sulfonamides is 1. The molecule has 0 spiro atoms. The van der Waals surface area contributed by atoms with Gasteiger partial charge < -0.3 is 5.32 Å². The van der Waals surface area contributed by atoms with Crippen LogP contribution < -0.4 is 5.32 Å². The summed E-state index contributed by atoms with van der Waals surface area (Å²) in [5.41, 5.74) is 2.10. The molecule has 10 heteroatoms. The number of nitrogens with one attached hydrogen (secondary N) is 1. The molecule has 0 bridgehead atoms. The number of amides is 1. The van der Waals surface area contributed by atoms with Crippen LogP contribution in [0.15, 0.2) is 53.4 Å². The first-order valence-corrected chi connectivity index (χ1v) is 10.5. The first-order valence-electron chi connectivity index (χ1n) is 8.68. The fraction of sp³-hybridized carbons (Fsp3) is 0.211. The van der Waals surface area contributed by atoms with Crippen molar-refractivity contribution in [1.82, 2.24) is 24.6 Å². The van der Waals surface area contributed by atoms with E-state index in [2.05, 4.69) is 15.5 Å². The van der Waals surface area contributed by atoms with Crippen LogP contribution in [0.2, 0.25) is 5.02 Å². The molecule has 0 aliphatic heterocycles. The van der Waals surface area contributed by atoms with E-state index in [0.29, 0.717) is 16.4 Å². The Hall–Kier alpha value is -2.75. The molecule has 0 aliphatic carbocycles. The van der Waals surface area contributed by atoms with Crippen LogP contribution in [0.1, 0.15) is 21.7 Å². The van der Waals surface area contributed by atoms with E-state index in [4.69, 9.17) is 11.6 Å². The van der Waals surface area contributed by atoms with Crippen molar-refractivity contribution in [2.45, 2.75) is 18.4 Å². The summed E-state index contributed by atoms with van der Waals surface area (Å²) in [6.07, 6.45) is 0. The zero-order valence-corrected chi connectivity index (χ0v) is 17.7. The molecule has 2 aromatic carbocycles. The maximum atomic E-state index is 12.5. The van der Waals surface area contributed by atoms with Crippen molar-refractivity contribution in [1.29, 1.82) is 0 Å². The molecule has 0 radical (unpaired) electrons. The van der Waals surface area contributed by atoms with Gasteiger partial charge in [0.05, 0.1) is 16.3 Å². The Labute approximate surface area is 174 Å². The number of carbonyl (C=O) groups is 1. The SMILES string of the molecule is Cc1nn(-c2cccc(Cl)c2)nc1C(=O)NCc1ccc(S(=O)(=O)N(C)C)cc1. The minimum atomic E-state index is -3.48. The molecule has 1 aromatic heterocycles. The van der Waals surface area contributed by atoms with E-state index in [-0.39, 0.29) is 23.0 Å². The van der Waals surface area contributed by atoms with Crippen molar-refractivity contribution in [2.75, 3.05) is 14.1 Å². The van der Waals surface area contributed by atoms with Gasteiger partial charge in [-0.3, -0.25) is 4.79 Å². The molecule has 0 atom stereocenters. The van der Waals surface area contributed by atoms with Gasteiger partial charge in [0.1, 0.15) is 0 Å². The van der Waals surface area contributed by atoms with Crippen LogP contribution in [0.25, 0.3) is 5.69 Å². The normalized spacial score (nSPS) is 11.6. The summed E-state index contributed by atoms with van der Waals surface area (Å²) in [6.45, 7) is 1.93. The highest BCUT2D eigenvalue weighted by molar-refractivity contribution is 7.89. The van der Waals surface area contributed by atoms with E-state index in [1.54, 1.807) is 43.3 Å². The molecule has 1 heterocycles. The van der Waals surface area contributed by atoms with E-state index in [1.807, 2.05) is 0 Å². The van der Waals surface area contributed by atoms with Gasteiger partial charge in [0.2, 0.25) is 10.0 Å². The van der Waals surface area contributed by atoms with Gasteiger partial charge in [-0.2, -0.15) is 9.90 Å². The second kappa shape index (κ2) is 8.32. The van der Waals surface area contributed by atoms with Crippen molar-refractivity contribution in [3.63, 3.8) is 0 Å². The van der Waals surface area contributed by atoms with Gasteiger partial charge in [0.15, 0.2) is 5.69 Å². The lowest BCUT2D eigenvalue weighted by Gasteiger charge is -2.11. The highest BCUT2D eigenvalue weighted by Gasteiger charge is 2.18. The van der Waals surface area contributed by atoms with Gasteiger partial charge in [0.25, 0.3) is 5.91 Å². The lowest BCUT2D eigenvalue weighted by atomic mass is 10.2. The monoisotopic (exact) mass is 433 g/mol. The van der Waals surface area contributed by atoms with Crippen LogP contribution in [-0.2, 0) is 16.6 Å². The van der Waals surface area contributed by atoms with Crippen LogP contribution in [0.3, 0.4) is 0 Å². The number of aromatic nitrogens is 3. The Morgan fingerprint density at radius 3 is 2.45 bits per heavy atom. The van der Waals surface area contributed by atoms with E-state index in [9.17, 15) is 13.2 Å². The van der Waals surface area contributed by atoms with Gasteiger partial charge in [-0.1, -0.05) is 29.8 Å². The quantitative estimate of drug-likeness (QED) is 0.643. The second-order valence-electron chi connectivity index (χ2n) is 6.52. The van der Waals surface area contributed by atoms with E-state index in [1.165, 1.54) is 31.0 Å². The number of carbonyl (C=O) groups excluding carboxylic acids is 1. The van der Waals surface area contributed by atoms with Crippen molar-refractivity contribution in [3.8, 4) is 5.69 Å². The molecule has 0 saturated carbocycles. The number of hydrogen-bond acceptors (Lipinski definition) is 5. The molecule has 8 nitrogen and oxygen atoms in total. The standard InChI is InChI=1S/C19H20ClN5O3S/c1-13-18(23-25(22-13)16-6-4-5-15(20)11-16)19(26)21-12-14-7-9-17(10-8-14)29(27,28)24(2)3/h4-11H,12H2,1-3H3,(H,21,26). The zero-order valence-electron chi connectivity index (χ0n) is 16.1. The fourth-order valence-electron chi connectivity index (χ4n) is 2.56. The molecule has 152 valence electrons. The van der Waals surface area contributed by atoms with Crippen LogP contribution in [0, 0.1) is 6.92 Å². The van der Waals surface area contributed by atoms with Gasteiger partial charge in [-0.25, -0.2) is 12.7 Å². The summed E-state index contributed by atoms with van der Waals surface area (Å²) >= 11 is 5.99. The highest BCUT2D eigenvalue weighted by Crippen LogP contribution is 2.16. The second-order valence-corrected chi connectivity index (χ2v) is 9.11. The smallest absolute Gasteiger partial charge is 0.274 e. The third-order valence-corrected chi connectivity index (χ3v) is 6.26. The molecular formula is C19H20ClN5O3S. The molecule has 1 N–H and O–H groups in total. The minimum absolute atomic E-state index is 0.192. The largest absolute Gasteiger partial charge is 0.347 e. The van der Waals surface area contributed by atoms with Crippen LogP contribution in [0.5, 0.6) is 0 Å². The topological polar surface area (TPSA) is 97.2 Å². The van der Waals surface area contributed by atoms with Crippen molar-refractivity contribution in [3.05, 3.63) is 70.5 Å². The molecule has 3 aromatic rings. The number of nitrogens with zero attached hydrogens (tertiary/aromatic N) is 4. The Kier molecular flexibility index (Phi) is 6.02. The average Bonchev–Trinajstić information content (AvgIpc) is 3.08. The van der Waals surface area contributed by atoms with Gasteiger partial charge >= 0.3 is 0 Å². The van der Waals surface area contributed by atoms with Gasteiger partial charge in [-0.15, -0.1) is 5.10 Å². The minimum Gasteiger partial charge on any atom is -0.347 e. The van der Waals surface area contributed by atoms with E-state index >= 15 is 0 Å². The molecule has 0 unspecified atom stereocenters. The summed E-state index contributed by atoms with van der Waals surface area (Å²) in [5, 5.41) is 11.8. The number of hydrogen-bond donors (Lipinski definition) is 1. The zero-order chi connectivity index (χ0) is 21.2. The summed E-state index contributed by atoms with van der Waals surface area (Å²) in [5.74, 6) is -0.374. The molecule has 29 heavy (non-hydrogen) atoms. The number of benzene rings is 2. The molecule has 3 rings (SSSR count). The molecule has 0 fully saturated rings. The first kappa shape index (κ1) is 21.0. The lowest BCUT2D eigenvalue weighted by molar-refractivity contribution is 0.0945. The maximum absolute atomic E-state index is 12.5. The summed E-state index contributed by atoms with van der Waals surface area (Å²) in [6, 6.07) is 13.3. The predicted molar refractivity (Wildman–Crippen MR) is 110 cm³/mol. The Balaban J connectivity index is 1.70. The molecule has 1 amide bonds. The molecule has 0 aliphatic rings. The van der Waals surface area contributed by atoms with Gasteiger partial charge in [0, 0.05) is 25.7 Å². The third-order valence-electron chi connectivity index (χ3n) is 4.19. The van der Waals surface area contributed by atoms with Crippen LogP contribution >= 0.6 is 11.6 Å². The first-order chi connectivity index (χ1) is 13.7. The Bertz CT molecular complexity index is 1140.